The summed E-state index contributed by atoms with van der Waals surface area (Å²) in [5, 5.41) is 2.82. The van der Waals surface area contributed by atoms with E-state index < -0.39 is 0 Å². The number of benzene rings is 2. The van der Waals surface area contributed by atoms with Crippen LogP contribution < -0.4 is 14.8 Å². The zero-order valence-corrected chi connectivity index (χ0v) is 18.8. The zero-order valence-electron chi connectivity index (χ0n) is 18.8. The number of anilines is 1. The van der Waals surface area contributed by atoms with Crippen molar-refractivity contribution in [3.63, 3.8) is 0 Å². The van der Waals surface area contributed by atoms with Crippen LogP contribution in [0.4, 0.5) is 5.82 Å². The number of ether oxygens (including phenoxy) is 2. The van der Waals surface area contributed by atoms with Crippen LogP contribution >= 0.6 is 0 Å². The number of aryl methyl sites for hydroxylation is 1. The Morgan fingerprint density at radius 1 is 1.12 bits per heavy atom. The number of nitrogens with one attached hydrogen (secondary N) is 2. The quantitative estimate of drug-likeness (QED) is 0.446. The van der Waals surface area contributed by atoms with Crippen molar-refractivity contribution in [1.82, 2.24) is 15.0 Å². The molecule has 2 N–H and O–H groups in total. The number of aromatic amines is 1. The first-order valence-corrected chi connectivity index (χ1v) is 11.5. The maximum Gasteiger partial charge on any atom is 0.225 e. The van der Waals surface area contributed by atoms with Crippen LogP contribution in [0.2, 0.25) is 0 Å². The molecule has 2 aromatic carbocycles. The monoisotopic (exact) mass is 452 g/mol. The summed E-state index contributed by atoms with van der Waals surface area (Å²) in [4.78, 5) is 24.2. The average Bonchev–Trinajstić information content (AvgIpc) is 3.34. The molecule has 7 nitrogen and oxygen atoms in total. The van der Waals surface area contributed by atoms with Crippen LogP contribution in [0.3, 0.4) is 0 Å². The number of carbonyl (C=O) groups excluding carboxylic acids is 1. The van der Waals surface area contributed by atoms with Crippen molar-refractivity contribution in [1.29, 1.82) is 0 Å². The molecule has 2 aliphatic rings. The first kappa shape index (κ1) is 20.5. The largest absolute Gasteiger partial charge is 0.493 e. The normalized spacial score (nSPS) is 16.7. The minimum atomic E-state index is -0.0161. The van der Waals surface area contributed by atoms with Gasteiger partial charge in [-0.2, -0.15) is 0 Å². The van der Waals surface area contributed by atoms with Gasteiger partial charge in [-0.3, -0.25) is 4.79 Å². The Bertz CT molecular complexity index is 1390. The lowest BCUT2D eigenvalue weighted by Crippen LogP contribution is -2.20. The summed E-state index contributed by atoms with van der Waals surface area (Å²) in [6, 6.07) is 16.0. The van der Waals surface area contributed by atoms with Crippen LogP contribution in [0.25, 0.3) is 11.3 Å². The predicted molar refractivity (Wildman–Crippen MR) is 128 cm³/mol. The van der Waals surface area contributed by atoms with Gasteiger partial charge in [-0.1, -0.05) is 24.3 Å². The van der Waals surface area contributed by atoms with Gasteiger partial charge >= 0.3 is 0 Å². The second-order valence-electron chi connectivity index (χ2n) is 8.75. The summed E-state index contributed by atoms with van der Waals surface area (Å²) >= 11 is 0. The van der Waals surface area contributed by atoms with E-state index >= 15 is 0 Å². The molecule has 1 atom stereocenters. The van der Waals surface area contributed by atoms with Gasteiger partial charge in [0.25, 0.3) is 0 Å². The molecule has 0 bridgehead atoms. The van der Waals surface area contributed by atoms with Gasteiger partial charge in [0.15, 0.2) is 0 Å². The second-order valence-corrected chi connectivity index (χ2v) is 8.75. The molecule has 7 heteroatoms. The van der Waals surface area contributed by atoms with Gasteiger partial charge in [-0.25, -0.2) is 9.97 Å². The number of carbonyl (C=O) groups is 1. The number of H-pyrrole nitrogens is 1. The van der Waals surface area contributed by atoms with Crippen molar-refractivity contribution >= 4 is 11.7 Å². The summed E-state index contributed by atoms with van der Waals surface area (Å²) in [7, 11) is 0. The minimum Gasteiger partial charge on any atom is -0.493 e. The van der Waals surface area contributed by atoms with E-state index in [1.807, 2.05) is 42.6 Å². The van der Waals surface area contributed by atoms with Crippen molar-refractivity contribution in [3.8, 4) is 28.5 Å². The molecule has 2 aliphatic heterocycles. The lowest BCUT2D eigenvalue weighted by atomic mass is 9.96. The number of fused-ring (bicyclic) bond motifs is 2. The van der Waals surface area contributed by atoms with Crippen molar-refractivity contribution < 1.29 is 14.3 Å². The number of hydrogen-bond donors (Lipinski definition) is 2. The maximum absolute atomic E-state index is 11.7. The van der Waals surface area contributed by atoms with E-state index in [9.17, 15) is 4.79 Å². The Labute approximate surface area is 197 Å². The van der Waals surface area contributed by atoms with Crippen molar-refractivity contribution in [2.45, 2.75) is 32.1 Å². The molecule has 4 aromatic rings. The van der Waals surface area contributed by atoms with Gasteiger partial charge in [-0.05, 0) is 55.2 Å². The molecule has 1 amide bonds. The highest BCUT2D eigenvalue weighted by Crippen LogP contribution is 2.37. The number of nitrogens with zero attached hydrogens (tertiary/aromatic N) is 2. The van der Waals surface area contributed by atoms with Crippen LogP contribution in [-0.4, -0.2) is 27.5 Å². The smallest absolute Gasteiger partial charge is 0.225 e. The molecule has 2 aromatic heterocycles. The molecular weight excluding hydrogens is 428 g/mol. The van der Waals surface area contributed by atoms with E-state index in [4.69, 9.17) is 14.5 Å². The lowest BCUT2D eigenvalue weighted by Gasteiger charge is -2.25. The van der Waals surface area contributed by atoms with E-state index in [2.05, 4.69) is 34.3 Å². The molecule has 34 heavy (non-hydrogen) atoms. The molecule has 0 aliphatic carbocycles. The third-order valence-corrected chi connectivity index (χ3v) is 6.44. The van der Waals surface area contributed by atoms with E-state index in [1.54, 1.807) is 6.20 Å². The summed E-state index contributed by atoms with van der Waals surface area (Å²) in [6.45, 7) is 2.67. The van der Waals surface area contributed by atoms with Gasteiger partial charge < -0.3 is 19.8 Å². The molecule has 0 saturated carbocycles. The Hall–Kier alpha value is -4.13. The predicted octanol–water partition coefficient (Wildman–Crippen LogP) is 5.18. The highest BCUT2D eigenvalue weighted by molar-refractivity contribution is 5.93. The Kier molecular flexibility index (Phi) is 5.02. The summed E-state index contributed by atoms with van der Waals surface area (Å²) in [5.74, 6) is 3.94. The third kappa shape index (κ3) is 3.79. The maximum atomic E-state index is 11.7. The van der Waals surface area contributed by atoms with Crippen molar-refractivity contribution in [2.75, 3.05) is 11.9 Å². The van der Waals surface area contributed by atoms with Crippen LogP contribution in [0.1, 0.15) is 34.9 Å². The van der Waals surface area contributed by atoms with Crippen LogP contribution in [-0.2, 0) is 17.6 Å². The SMILES string of the molecule is Cc1ccccc1-c1c[nH]c(C2COc3ccc(Oc4ccnc5c4CCC(=O)N5)cc3C2)n1. The lowest BCUT2D eigenvalue weighted by molar-refractivity contribution is -0.116. The number of imidazole rings is 1. The second kappa shape index (κ2) is 8.33. The number of pyridine rings is 1. The number of amides is 1. The van der Waals surface area contributed by atoms with Gasteiger partial charge in [0, 0.05) is 29.9 Å². The summed E-state index contributed by atoms with van der Waals surface area (Å²) < 4.78 is 12.3. The van der Waals surface area contributed by atoms with E-state index in [0.29, 0.717) is 31.0 Å². The summed E-state index contributed by atoms with van der Waals surface area (Å²) in [5.41, 5.74) is 5.29. The van der Waals surface area contributed by atoms with Crippen molar-refractivity contribution in [3.05, 3.63) is 83.4 Å². The minimum absolute atomic E-state index is 0.0161. The highest BCUT2D eigenvalue weighted by Gasteiger charge is 2.25. The van der Waals surface area contributed by atoms with E-state index in [0.717, 1.165) is 46.1 Å². The highest BCUT2D eigenvalue weighted by atomic mass is 16.5. The number of aromatic nitrogens is 3. The first-order valence-electron chi connectivity index (χ1n) is 11.5. The molecule has 0 radical (unpaired) electrons. The molecule has 0 saturated heterocycles. The van der Waals surface area contributed by atoms with Gasteiger partial charge in [0.1, 0.15) is 28.9 Å². The fourth-order valence-corrected chi connectivity index (χ4v) is 4.63. The van der Waals surface area contributed by atoms with Crippen molar-refractivity contribution in [2.24, 2.45) is 0 Å². The summed E-state index contributed by atoms with van der Waals surface area (Å²) in [6.07, 6.45) is 5.47. The Morgan fingerprint density at radius 3 is 2.94 bits per heavy atom. The van der Waals surface area contributed by atoms with Gasteiger partial charge in [0.2, 0.25) is 5.91 Å². The van der Waals surface area contributed by atoms with Gasteiger partial charge in [-0.15, -0.1) is 0 Å². The van der Waals surface area contributed by atoms with Crippen LogP contribution in [0, 0.1) is 6.92 Å². The average molecular weight is 453 g/mol. The molecular formula is C27H24N4O3. The zero-order chi connectivity index (χ0) is 23.1. The van der Waals surface area contributed by atoms with E-state index in [-0.39, 0.29) is 11.8 Å². The number of rotatable bonds is 4. The molecule has 0 spiro atoms. The van der Waals surface area contributed by atoms with Gasteiger partial charge in [0.05, 0.1) is 18.2 Å². The van der Waals surface area contributed by atoms with Crippen LogP contribution in [0.15, 0.2) is 60.9 Å². The molecule has 170 valence electrons. The third-order valence-electron chi connectivity index (χ3n) is 6.44. The van der Waals surface area contributed by atoms with Crippen LogP contribution in [0.5, 0.6) is 17.2 Å². The molecule has 6 rings (SSSR count). The first-order chi connectivity index (χ1) is 16.6. The molecule has 4 heterocycles. The van der Waals surface area contributed by atoms with E-state index in [1.165, 1.54) is 5.56 Å². The Balaban J connectivity index is 1.23. The molecule has 0 fully saturated rings. The number of hydrogen-bond acceptors (Lipinski definition) is 5. The Morgan fingerprint density at radius 2 is 2.03 bits per heavy atom. The fraction of sp³-hybridized carbons (Fsp3) is 0.222. The topological polar surface area (TPSA) is 89.1 Å². The standard InChI is InChI=1S/C27H24N4O3/c1-16-4-2-3-5-20(16)22-14-29-26(30-22)18-12-17-13-19(6-8-23(17)33-15-18)34-24-10-11-28-27-21(24)7-9-25(32)31-27/h2-6,8,10-11,13-14,18H,7,9,12,15H2,1H3,(H,29,30)(H,28,31,32). The fourth-order valence-electron chi connectivity index (χ4n) is 4.63. The molecule has 1 unspecified atom stereocenters.